The Morgan fingerprint density at radius 3 is 2.79 bits per heavy atom. The molecule has 0 N–H and O–H groups in total. The molecule has 1 heterocycles. The third-order valence-corrected chi connectivity index (χ3v) is 2.37. The maximum absolute atomic E-state index is 11.7. The van der Waals surface area contributed by atoms with Crippen molar-refractivity contribution in [3.8, 4) is 0 Å². The first-order valence-electron chi connectivity index (χ1n) is 5.48. The number of benzene rings is 1. The summed E-state index contributed by atoms with van der Waals surface area (Å²) in [4.78, 5) is 25.8. The molecule has 0 aliphatic carbocycles. The molecule has 0 radical (unpaired) electrons. The number of nitro benzene ring substituents is 1. The fourth-order valence-electron chi connectivity index (χ4n) is 1.45. The third-order valence-electron chi connectivity index (χ3n) is 2.37. The van der Waals surface area contributed by atoms with E-state index in [2.05, 4.69) is 4.98 Å². The van der Waals surface area contributed by atoms with Gasteiger partial charge in [0.05, 0.1) is 16.2 Å². The van der Waals surface area contributed by atoms with Gasteiger partial charge in [-0.1, -0.05) is 12.1 Å². The molecule has 1 aromatic heterocycles. The van der Waals surface area contributed by atoms with Crippen molar-refractivity contribution in [2.45, 2.75) is 6.61 Å². The largest absolute Gasteiger partial charge is 0.456 e. The molecular formula is C13H10N2O4. The summed E-state index contributed by atoms with van der Waals surface area (Å²) in [5.74, 6) is -0.616. The Morgan fingerprint density at radius 2 is 2.11 bits per heavy atom. The van der Waals surface area contributed by atoms with Crippen LogP contribution in [0.15, 0.2) is 48.7 Å². The van der Waals surface area contributed by atoms with E-state index in [4.69, 9.17) is 4.74 Å². The molecule has 0 saturated heterocycles. The summed E-state index contributed by atoms with van der Waals surface area (Å²) in [6, 6.07) is 10.7. The van der Waals surface area contributed by atoms with Gasteiger partial charge in [-0.25, -0.2) is 4.79 Å². The molecular weight excluding hydrogens is 248 g/mol. The third kappa shape index (κ3) is 3.35. The van der Waals surface area contributed by atoms with Gasteiger partial charge < -0.3 is 4.74 Å². The number of esters is 1. The molecule has 0 spiro atoms. The van der Waals surface area contributed by atoms with Crippen LogP contribution in [0.2, 0.25) is 0 Å². The molecule has 1 aromatic carbocycles. The Labute approximate surface area is 108 Å². The van der Waals surface area contributed by atoms with Crippen molar-refractivity contribution in [2.75, 3.05) is 0 Å². The Bertz CT molecular complexity index is 599. The SMILES string of the molecule is O=C(OCc1ccccn1)c1cccc([N+](=O)[O-])c1. The van der Waals surface area contributed by atoms with E-state index >= 15 is 0 Å². The Hall–Kier alpha value is -2.76. The first-order chi connectivity index (χ1) is 9.16. The van der Waals surface area contributed by atoms with Gasteiger partial charge in [0.15, 0.2) is 0 Å². The topological polar surface area (TPSA) is 82.3 Å². The average Bonchev–Trinajstić information content (AvgIpc) is 2.46. The van der Waals surface area contributed by atoms with Gasteiger partial charge in [-0.2, -0.15) is 0 Å². The summed E-state index contributed by atoms with van der Waals surface area (Å²) in [6.45, 7) is 0.0301. The van der Waals surface area contributed by atoms with E-state index in [0.29, 0.717) is 5.69 Å². The number of rotatable bonds is 4. The van der Waals surface area contributed by atoms with Crippen LogP contribution in [-0.2, 0) is 11.3 Å². The minimum absolute atomic E-state index is 0.0301. The molecule has 0 fully saturated rings. The molecule has 0 amide bonds. The van der Waals surface area contributed by atoms with Crippen LogP contribution in [-0.4, -0.2) is 15.9 Å². The van der Waals surface area contributed by atoms with Gasteiger partial charge in [0.25, 0.3) is 5.69 Å². The van der Waals surface area contributed by atoms with Crippen LogP contribution in [0, 0.1) is 10.1 Å². The quantitative estimate of drug-likeness (QED) is 0.477. The molecule has 2 aromatic rings. The van der Waals surface area contributed by atoms with Gasteiger partial charge in [0.2, 0.25) is 0 Å². The second-order valence-corrected chi connectivity index (χ2v) is 3.70. The maximum atomic E-state index is 11.7. The lowest BCUT2D eigenvalue weighted by Crippen LogP contribution is -2.06. The lowest BCUT2D eigenvalue weighted by molar-refractivity contribution is -0.384. The van der Waals surface area contributed by atoms with E-state index in [1.807, 2.05) is 0 Å². The molecule has 0 unspecified atom stereocenters. The molecule has 6 heteroatoms. The van der Waals surface area contributed by atoms with Crippen molar-refractivity contribution in [1.82, 2.24) is 4.98 Å². The zero-order valence-electron chi connectivity index (χ0n) is 9.85. The smallest absolute Gasteiger partial charge is 0.338 e. The van der Waals surface area contributed by atoms with Gasteiger partial charge in [0.1, 0.15) is 6.61 Å². The molecule has 0 aliphatic heterocycles. The summed E-state index contributed by atoms with van der Waals surface area (Å²) in [6.07, 6.45) is 1.59. The highest BCUT2D eigenvalue weighted by molar-refractivity contribution is 5.90. The fourth-order valence-corrected chi connectivity index (χ4v) is 1.45. The predicted molar refractivity (Wildman–Crippen MR) is 66.5 cm³/mol. The Morgan fingerprint density at radius 1 is 1.26 bits per heavy atom. The number of pyridine rings is 1. The van der Waals surface area contributed by atoms with Crippen LogP contribution in [0.25, 0.3) is 0 Å². The van der Waals surface area contributed by atoms with Crippen LogP contribution in [0.5, 0.6) is 0 Å². The number of hydrogen-bond donors (Lipinski definition) is 0. The van der Waals surface area contributed by atoms with Gasteiger partial charge in [0, 0.05) is 18.3 Å². The van der Waals surface area contributed by atoms with Gasteiger partial charge in [-0.3, -0.25) is 15.1 Å². The van der Waals surface area contributed by atoms with Crippen LogP contribution in [0.1, 0.15) is 16.1 Å². The standard InChI is InChI=1S/C13H10N2O4/c16-13(19-9-11-5-1-2-7-14-11)10-4-3-6-12(8-10)15(17)18/h1-8H,9H2. The Balaban J connectivity index is 2.04. The van der Waals surface area contributed by atoms with Crippen LogP contribution in [0.4, 0.5) is 5.69 Å². The monoisotopic (exact) mass is 258 g/mol. The van der Waals surface area contributed by atoms with Gasteiger partial charge in [-0.05, 0) is 18.2 Å². The summed E-state index contributed by atoms with van der Waals surface area (Å²) in [5, 5.41) is 10.6. The number of carbonyl (C=O) groups is 1. The number of hydrogen-bond acceptors (Lipinski definition) is 5. The fraction of sp³-hybridized carbons (Fsp3) is 0.0769. The molecule has 96 valence electrons. The maximum Gasteiger partial charge on any atom is 0.338 e. The second-order valence-electron chi connectivity index (χ2n) is 3.70. The number of non-ortho nitro benzene ring substituents is 1. The zero-order chi connectivity index (χ0) is 13.7. The average molecular weight is 258 g/mol. The van der Waals surface area contributed by atoms with Crippen molar-refractivity contribution in [3.63, 3.8) is 0 Å². The lowest BCUT2D eigenvalue weighted by Gasteiger charge is -2.04. The van der Waals surface area contributed by atoms with E-state index in [-0.39, 0.29) is 17.9 Å². The number of nitrogens with zero attached hydrogens (tertiary/aromatic N) is 2. The van der Waals surface area contributed by atoms with E-state index < -0.39 is 10.9 Å². The molecule has 2 rings (SSSR count). The lowest BCUT2D eigenvalue weighted by atomic mass is 10.2. The van der Waals surface area contributed by atoms with Crippen molar-refractivity contribution in [2.24, 2.45) is 0 Å². The van der Waals surface area contributed by atoms with Crippen molar-refractivity contribution < 1.29 is 14.5 Å². The second kappa shape index (κ2) is 5.72. The molecule has 0 saturated carbocycles. The van der Waals surface area contributed by atoms with Crippen LogP contribution < -0.4 is 0 Å². The van der Waals surface area contributed by atoms with E-state index in [0.717, 1.165) is 0 Å². The van der Waals surface area contributed by atoms with Crippen molar-refractivity contribution in [1.29, 1.82) is 0 Å². The highest BCUT2D eigenvalue weighted by Gasteiger charge is 2.12. The number of aromatic nitrogens is 1. The summed E-state index contributed by atoms with van der Waals surface area (Å²) in [7, 11) is 0. The Kier molecular flexibility index (Phi) is 3.82. The normalized spacial score (nSPS) is 9.89. The van der Waals surface area contributed by atoms with E-state index in [1.54, 1.807) is 24.4 Å². The summed E-state index contributed by atoms with van der Waals surface area (Å²) in [5.41, 5.74) is 0.610. The highest BCUT2D eigenvalue weighted by atomic mass is 16.6. The highest BCUT2D eigenvalue weighted by Crippen LogP contribution is 2.14. The summed E-state index contributed by atoms with van der Waals surface area (Å²) >= 11 is 0. The minimum atomic E-state index is -0.616. The number of nitro groups is 1. The molecule has 0 atom stereocenters. The first-order valence-corrected chi connectivity index (χ1v) is 5.48. The molecule has 0 aliphatic rings. The minimum Gasteiger partial charge on any atom is -0.456 e. The summed E-state index contributed by atoms with van der Waals surface area (Å²) < 4.78 is 5.02. The van der Waals surface area contributed by atoms with Crippen molar-refractivity contribution >= 4 is 11.7 Å². The zero-order valence-corrected chi connectivity index (χ0v) is 9.85. The molecule has 6 nitrogen and oxygen atoms in total. The van der Waals surface area contributed by atoms with Crippen LogP contribution >= 0.6 is 0 Å². The first kappa shape index (κ1) is 12.7. The van der Waals surface area contributed by atoms with E-state index in [9.17, 15) is 14.9 Å². The van der Waals surface area contributed by atoms with E-state index in [1.165, 1.54) is 24.3 Å². The van der Waals surface area contributed by atoms with Gasteiger partial charge in [-0.15, -0.1) is 0 Å². The molecule has 0 bridgehead atoms. The molecule has 19 heavy (non-hydrogen) atoms. The number of ether oxygens (including phenoxy) is 1. The van der Waals surface area contributed by atoms with Gasteiger partial charge >= 0.3 is 5.97 Å². The van der Waals surface area contributed by atoms with Crippen molar-refractivity contribution in [3.05, 3.63) is 70.0 Å². The number of carbonyl (C=O) groups excluding carboxylic acids is 1. The van der Waals surface area contributed by atoms with Crippen LogP contribution in [0.3, 0.4) is 0 Å². The predicted octanol–water partition coefficient (Wildman–Crippen LogP) is 2.35.